The van der Waals surface area contributed by atoms with Crippen molar-refractivity contribution in [2.24, 2.45) is 5.92 Å². The van der Waals surface area contributed by atoms with Crippen LogP contribution in [0, 0.1) is 11.7 Å². The number of benzene rings is 1. The number of rotatable bonds is 2. The largest absolute Gasteiger partial charge is 0.507 e. The SMILES string of the molecule is CC1CCCC(NC(=O)c2ccc(F)cc2O)CC1. The molecule has 104 valence electrons. The number of hydrogen-bond acceptors (Lipinski definition) is 2. The van der Waals surface area contributed by atoms with E-state index in [1.54, 1.807) is 0 Å². The maximum Gasteiger partial charge on any atom is 0.255 e. The van der Waals surface area contributed by atoms with Gasteiger partial charge < -0.3 is 10.4 Å². The first-order chi connectivity index (χ1) is 9.06. The molecule has 1 saturated carbocycles. The number of carbonyl (C=O) groups excluding carboxylic acids is 1. The molecule has 1 aliphatic carbocycles. The Kier molecular flexibility index (Phi) is 4.40. The van der Waals surface area contributed by atoms with Crippen LogP contribution in [0.4, 0.5) is 4.39 Å². The van der Waals surface area contributed by atoms with E-state index in [0.717, 1.165) is 31.7 Å². The van der Waals surface area contributed by atoms with E-state index in [0.29, 0.717) is 5.92 Å². The number of aromatic hydroxyl groups is 1. The van der Waals surface area contributed by atoms with Crippen LogP contribution in [0.1, 0.15) is 49.4 Å². The highest BCUT2D eigenvalue weighted by Gasteiger charge is 2.20. The van der Waals surface area contributed by atoms with Gasteiger partial charge in [-0.3, -0.25) is 4.79 Å². The lowest BCUT2D eigenvalue weighted by molar-refractivity contribution is 0.0930. The van der Waals surface area contributed by atoms with Gasteiger partial charge in [0.1, 0.15) is 11.6 Å². The summed E-state index contributed by atoms with van der Waals surface area (Å²) in [6.07, 6.45) is 5.36. The Hall–Kier alpha value is -1.58. The minimum Gasteiger partial charge on any atom is -0.507 e. The minimum atomic E-state index is -0.544. The van der Waals surface area contributed by atoms with E-state index in [2.05, 4.69) is 12.2 Å². The summed E-state index contributed by atoms with van der Waals surface area (Å²) in [7, 11) is 0. The van der Waals surface area contributed by atoms with Crippen LogP contribution in [0.25, 0.3) is 0 Å². The number of phenols is 1. The van der Waals surface area contributed by atoms with Crippen molar-refractivity contribution in [2.45, 2.75) is 45.1 Å². The summed E-state index contributed by atoms with van der Waals surface area (Å²) in [6, 6.07) is 3.62. The molecule has 0 bridgehead atoms. The first-order valence-corrected chi connectivity index (χ1v) is 6.85. The average molecular weight is 265 g/mol. The van der Waals surface area contributed by atoms with Crippen LogP contribution in [0.15, 0.2) is 18.2 Å². The Morgan fingerprint density at radius 1 is 1.32 bits per heavy atom. The Balaban J connectivity index is 2.00. The second-order valence-electron chi connectivity index (χ2n) is 5.45. The van der Waals surface area contributed by atoms with Crippen molar-refractivity contribution in [3.05, 3.63) is 29.6 Å². The molecule has 0 aliphatic heterocycles. The third kappa shape index (κ3) is 3.69. The zero-order chi connectivity index (χ0) is 13.8. The third-order valence-corrected chi connectivity index (χ3v) is 3.80. The second kappa shape index (κ2) is 6.04. The lowest BCUT2D eigenvalue weighted by Crippen LogP contribution is -2.34. The van der Waals surface area contributed by atoms with Crippen molar-refractivity contribution in [3.63, 3.8) is 0 Å². The van der Waals surface area contributed by atoms with Crippen molar-refractivity contribution < 1.29 is 14.3 Å². The van der Waals surface area contributed by atoms with Gasteiger partial charge in [-0.15, -0.1) is 0 Å². The van der Waals surface area contributed by atoms with E-state index < -0.39 is 5.82 Å². The molecule has 0 radical (unpaired) electrons. The standard InChI is InChI=1S/C15H20FNO2/c1-10-3-2-4-12(7-5-10)17-15(19)13-8-6-11(16)9-14(13)18/h6,8-10,12,18H,2-5,7H2,1H3,(H,17,19). The topological polar surface area (TPSA) is 49.3 Å². The monoisotopic (exact) mass is 265 g/mol. The van der Waals surface area contributed by atoms with Crippen LogP contribution in [-0.4, -0.2) is 17.1 Å². The summed E-state index contributed by atoms with van der Waals surface area (Å²) in [5.41, 5.74) is 0.138. The highest BCUT2D eigenvalue weighted by molar-refractivity contribution is 5.96. The number of halogens is 1. The molecule has 3 nitrogen and oxygen atoms in total. The fourth-order valence-corrected chi connectivity index (χ4v) is 2.59. The van der Waals surface area contributed by atoms with Gasteiger partial charge in [0, 0.05) is 12.1 Å². The molecule has 1 amide bonds. The number of amides is 1. The van der Waals surface area contributed by atoms with Gasteiger partial charge in [-0.2, -0.15) is 0 Å². The van der Waals surface area contributed by atoms with Gasteiger partial charge in [0.15, 0.2) is 0 Å². The molecule has 0 saturated heterocycles. The van der Waals surface area contributed by atoms with Crippen molar-refractivity contribution in [2.75, 3.05) is 0 Å². The molecular formula is C15H20FNO2. The highest BCUT2D eigenvalue weighted by Crippen LogP contribution is 2.24. The number of phenolic OH excluding ortho intramolecular Hbond substituents is 1. The summed E-state index contributed by atoms with van der Waals surface area (Å²) < 4.78 is 12.9. The maximum absolute atomic E-state index is 12.9. The van der Waals surface area contributed by atoms with Crippen molar-refractivity contribution in [3.8, 4) is 5.75 Å². The molecular weight excluding hydrogens is 245 g/mol. The van der Waals surface area contributed by atoms with Crippen molar-refractivity contribution >= 4 is 5.91 Å². The van der Waals surface area contributed by atoms with Gasteiger partial charge in [-0.1, -0.05) is 19.8 Å². The van der Waals surface area contributed by atoms with Crippen molar-refractivity contribution in [1.29, 1.82) is 0 Å². The first-order valence-electron chi connectivity index (χ1n) is 6.85. The molecule has 4 heteroatoms. The number of nitrogens with one attached hydrogen (secondary N) is 1. The average Bonchev–Trinajstić information content (AvgIpc) is 2.54. The molecule has 2 rings (SSSR count). The summed E-state index contributed by atoms with van der Waals surface area (Å²) in [6.45, 7) is 2.23. The Morgan fingerprint density at radius 2 is 2.11 bits per heavy atom. The van der Waals surface area contributed by atoms with Gasteiger partial charge in [0.25, 0.3) is 5.91 Å². The van der Waals surface area contributed by atoms with Gasteiger partial charge in [-0.05, 0) is 37.3 Å². The van der Waals surface area contributed by atoms with E-state index in [1.165, 1.54) is 18.6 Å². The number of hydrogen-bond donors (Lipinski definition) is 2. The zero-order valence-corrected chi connectivity index (χ0v) is 11.2. The normalized spacial score (nSPS) is 23.7. The van der Waals surface area contributed by atoms with Crippen LogP contribution < -0.4 is 5.32 Å². The first kappa shape index (κ1) is 13.8. The highest BCUT2D eigenvalue weighted by atomic mass is 19.1. The van der Waals surface area contributed by atoms with Crippen LogP contribution in [-0.2, 0) is 0 Å². The molecule has 1 aromatic rings. The summed E-state index contributed by atoms with van der Waals surface area (Å²) in [5.74, 6) is -0.463. The maximum atomic E-state index is 12.9. The van der Waals surface area contributed by atoms with Crippen LogP contribution in [0.5, 0.6) is 5.75 Å². The van der Waals surface area contributed by atoms with E-state index in [4.69, 9.17) is 0 Å². The smallest absolute Gasteiger partial charge is 0.255 e. The lowest BCUT2D eigenvalue weighted by Gasteiger charge is -2.16. The molecule has 1 aliphatic rings. The summed E-state index contributed by atoms with van der Waals surface area (Å²) in [4.78, 5) is 12.0. The quantitative estimate of drug-likeness (QED) is 0.807. The van der Waals surface area contributed by atoms with E-state index in [9.17, 15) is 14.3 Å². The minimum absolute atomic E-state index is 0.138. The molecule has 2 N–H and O–H groups in total. The van der Waals surface area contributed by atoms with E-state index in [-0.39, 0.29) is 23.3 Å². The van der Waals surface area contributed by atoms with Crippen LogP contribution >= 0.6 is 0 Å². The molecule has 19 heavy (non-hydrogen) atoms. The van der Waals surface area contributed by atoms with Crippen molar-refractivity contribution in [1.82, 2.24) is 5.32 Å². The molecule has 2 atom stereocenters. The predicted octanol–water partition coefficient (Wildman–Crippen LogP) is 3.23. The fourth-order valence-electron chi connectivity index (χ4n) is 2.59. The molecule has 1 aromatic carbocycles. The Bertz CT molecular complexity index is 461. The molecule has 0 aromatic heterocycles. The van der Waals surface area contributed by atoms with Gasteiger partial charge in [0.2, 0.25) is 0 Å². The molecule has 2 unspecified atom stereocenters. The third-order valence-electron chi connectivity index (χ3n) is 3.80. The summed E-state index contributed by atoms with van der Waals surface area (Å²) >= 11 is 0. The zero-order valence-electron chi connectivity index (χ0n) is 11.2. The van der Waals surface area contributed by atoms with E-state index >= 15 is 0 Å². The Morgan fingerprint density at radius 3 is 2.84 bits per heavy atom. The van der Waals surface area contributed by atoms with E-state index in [1.807, 2.05) is 0 Å². The van der Waals surface area contributed by atoms with Gasteiger partial charge in [-0.25, -0.2) is 4.39 Å². The lowest BCUT2D eigenvalue weighted by atomic mass is 10.0. The predicted molar refractivity (Wildman–Crippen MR) is 71.6 cm³/mol. The van der Waals surface area contributed by atoms with Crippen LogP contribution in [0.2, 0.25) is 0 Å². The molecule has 0 spiro atoms. The van der Waals surface area contributed by atoms with Gasteiger partial charge >= 0.3 is 0 Å². The Labute approximate surface area is 112 Å². The second-order valence-corrected chi connectivity index (χ2v) is 5.45. The fraction of sp³-hybridized carbons (Fsp3) is 0.533. The summed E-state index contributed by atoms with van der Waals surface area (Å²) in [5, 5.41) is 12.5. The molecule has 0 heterocycles. The number of carbonyl (C=O) groups is 1. The van der Waals surface area contributed by atoms with Crippen LogP contribution in [0.3, 0.4) is 0 Å². The molecule has 1 fully saturated rings. The van der Waals surface area contributed by atoms with Gasteiger partial charge in [0.05, 0.1) is 5.56 Å².